The summed E-state index contributed by atoms with van der Waals surface area (Å²) in [5.41, 5.74) is 1.32. The van der Waals surface area contributed by atoms with E-state index in [0.717, 1.165) is 6.54 Å². The van der Waals surface area contributed by atoms with Gasteiger partial charge in [0.15, 0.2) is 0 Å². The highest BCUT2D eigenvalue weighted by molar-refractivity contribution is 5.09. The molecule has 1 saturated heterocycles. The molecule has 88 valence electrons. The van der Waals surface area contributed by atoms with E-state index < -0.39 is 0 Å². The van der Waals surface area contributed by atoms with Gasteiger partial charge in [-0.1, -0.05) is 0 Å². The molecule has 0 amide bonds. The molecule has 0 saturated carbocycles. The van der Waals surface area contributed by atoms with Crippen LogP contribution in [0, 0.1) is 0 Å². The van der Waals surface area contributed by atoms with E-state index in [1.54, 1.807) is 0 Å². The minimum Gasteiger partial charge on any atom is -0.309 e. The van der Waals surface area contributed by atoms with Crippen molar-refractivity contribution in [3.8, 4) is 0 Å². The van der Waals surface area contributed by atoms with Crippen LogP contribution in [0.4, 0.5) is 0 Å². The number of likely N-dealkylation sites (tertiary alicyclic amines) is 1. The Kier molecular flexibility index (Phi) is 3.91. The van der Waals surface area contributed by atoms with Gasteiger partial charge >= 0.3 is 0 Å². The van der Waals surface area contributed by atoms with Crippen molar-refractivity contribution in [3.63, 3.8) is 0 Å². The maximum atomic E-state index is 4.02. The Morgan fingerprint density at radius 2 is 2.19 bits per heavy atom. The number of hydrogen-bond acceptors (Lipinski definition) is 3. The molecule has 1 atom stereocenters. The van der Waals surface area contributed by atoms with E-state index in [1.165, 1.54) is 25.1 Å². The van der Waals surface area contributed by atoms with Crippen molar-refractivity contribution < 1.29 is 0 Å². The zero-order valence-electron chi connectivity index (χ0n) is 10.2. The van der Waals surface area contributed by atoms with Crippen molar-refractivity contribution in [1.29, 1.82) is 0 Å². The van der Waals surface area contributed by atoms with Crippen molar-refractivity contribution in [1.82, 2.24) is 15.2 Å². The summed E-state index contributed by atoms with van der Waals surface area (Å²) in [4.78, 5) is 6.56. The molecular weight excluding hydrogens is 198 g/mol. The fourth-order valence-electron chi connectivity index (χ4n) is 2.19. The Hall–Kier alpha value is -0.930. The number of pyridine rings is 1. The minimum atomic E-state index is 0.649. The third-order valence-corrected chi connectivity index (χ3v) is 3.29. The number of nitrogens with one attached hydrogen (secondary N) is 1. The first-order valence-corrected chi connectivity index (χ1v) is 6.12. The van der Waals surface area contributed by atoms with Gasteiger partial charge < -0.3 is 5.32 Å². The summed E-state index contributed by atoms with van der Waals surface area (Å²) in [6.07, 6.45) is 4.97. The Bertz CT molecular complexity index is 310. The van der Waals surface area contributed by atoms with Gasteiger partial charge in [0.1, 0.15) is 0 Å². The summed E-state index contributed by atoms with van der Waals surface area (Å²) >= 11 is 0. The zero-order valence-corrected chi connectivity index (χ0v) is 10.2. The fourth-order valence-corrected chi connectivity index (χ4v) is 2.19. The number of rotatable bonds is 4. The van der Waals surface area contributed by atoms with E-state index in [9.17, 15) is 0 Å². The highest BCUT2D eigenvalue weighted by Gasteiger charge is 2.23. The lowest BCUT2D eigenvalue weighted by Gasteiger charge is -2.20. The molecule has 1 aliphatic heterocycles. The highest BCUT2D eigenvalue weighted by Crippen LogP contribution is 2.12. The van der Waals surface area contributed by atoms with Gasteiger partial charge in [0, 0.05) is 37.6 Å². The van der Waals surface area contributed by atoms with E-state index in [0.29, 0.717) is 12.1 Å². The van der Waals surface area contributed by atoms with Crippen molar-refractivity contribution in [2.24, 2.45) is 0 Å². The van der Waals surface area contributed by atoms with Gasteiger partial charge in [-0.25, -0.2) is 0 Å². The van der Waals surface area contributed by atoms with Crippen LogP contribution in [0.5, 0.6) is 0 Å². The number of nitrogens with zero attached hydrogens (tertiary/aromatic N) is 2. The Morgan fingerprint density at radius 1 is 1.44 bits per heavy atom. The van der Waals surface area contributed by atoms with E-state index in [4.69, 9.17) is 0 Å². The maximum Gasteiger partial charge on any atom is 0.0271 e. The highest BCUT2D eigenvalue weighted by atomic mass is 15.2. The molecule has 1 aliphatic rings. The first kappa shape index (κ1) is 11.6. The van der Waals surface area contributed by atoms with Crippen LogP contribution in [0.3, 0.4) is 0 Å². The van der Waals surface area contributed by atoms with Gasteiger partial charge in [0.25, 0.3) is 0 Å². The van der Waals surface area contributed by atoms with Gasteiger partial charge in [0.2, 0.25) is 0 Å². The second-order valence-corrected chi connectivity index (χ2v) is 4.81. The molecular formula is C13H21N3. The number of hydrogen-bond donors (Lipinski definition) is 1. The lowest BCUT2D eigenvalue weighted by atomic mass is 10.2. The van der Waals surface area contributed by atoms with Crippen molar-refractivity contribution in [2.75, 3.05) is 13.1 Å². The molecule has 2 heterocycles. The lowest BCUT2D eigenvalue weighted by Crippen LogP contribution is -2.34. The SMILES string of the molecule is CC(C)N1CCC(NCc2ccncc2)C1. The van der Waals surface area contributed by atoms with Crippen LogP contribution >= 0.6 is 0 Å². The van der Waals surface area contributed by atoms with Crippen LogP contribution in [0.1, 0.15) is 25.8 Å². The molecule has 3 heteroatoms. The molecule has 3 nitrogen and oxygen atoms in total. The molecule has 0 aliphatic carbocycles. The molecule has 2 rings (SSSR count). The molecule has 0 bridgehead atoms. The molecule has 0 aromatic carbocycles. The van der Waals surface area contributed by atoms with Crippen LogP contribution in [-0.2, 0) is 6.54 Å². The quantitative estimate of drug-likeness (QED) is 0.834. The van der Waals surface area contributed by atoms with E-state index >= 15 is 0 Å². The standard InChI is InChI=1S/C13H21N3/c1-11(2)16-8-5-13(10-16)15-9-12-3-6-14-7-4-12/h3-4,6-7,11,13,15H,5,8-10H2,1-2H3. The normalized spacial score (nSPS) is 21.8. The minimum absolute atomic E-state index is 0.649. The molecule has 1 fully saturated rings. The van der Waals surface area contributed by atoms with E-state index in [2.05, 4.69) is 41.2 Å². The second kappa shape index (κ2) is 5.41. The van der Waals surface area contributed by atoms with Crippen LogP contribution < -0.4 is 5.32 Å². The Labute approximate surface area is 97.9 Å². The fraction of sp³-hybridized carbons (Fsp3) is 0.615. The molecule has 1 aromatic heterocycles. The largest absolute Gasteiger partial charge is 0.309 e. The average molecular weight is 219 g/mol. The van der Waals surface area contributed by atoms with Gasteiger partial charge in [-0.2, -0.15) is 0 Å². The average Bonchev–Trinajstić information content (AvgIpc) is 2.76. The Balaban J connectivity index is 1.76. The maximum absolute atomic E-state index is 4.02. The van der Waals surface area contributed by atoms with Gasteiger partial charge in [-0.3, -0.25) is 9.88 Å². The van der Waals surface area contributed by atoms with Gasteiger partial charge in [-0.05, 0) is 44.5 Å². The summed E-state index contributed by atoms with van der Waals surface area (Å²) in [6, 6.07) is 5.47. The van der Waals surface area contributed by atoms with Crippen molar-refractivity contribution in [3.05, 3.63) is 30.1 Å². The molecule has 1 aromatic rings. The van der Waals surface area contributed by atoms with Crippen molar-refractivity contribution >= 4 is 0 Å². The van der Waals surface area contributed by atoms with Crippen LogP contribution in [-0.4, -0.2) is 35.1 Å². The van der Waals surface area contributed by atoms with Crippen molar-refractivity contribution in [2.45, 2.75) is 38.9 Å². The summed E-state index contributed by atoms with van der Waals surface area (Å²) in [7, 11) is 0. The van der Waals surface area contributed by atoms with Gasteiger partial charge in [-0.15, -0.1) is 0 Å². The third-order valence-electron chi connectivity index (χ3n) is 3.29. The van der Waals surface area contributed by atoms with Gasteiger partial charge in [0.05, 0.1) is 0 Å². The molecule has 0 spiro atoms. The first-order chi connectivity index (χ1) is 7.75. The summed E-state index contributed by atoms with van der Waals surface area (Å²) in [6.45, 7) is 7.91. The predicted molar refractivity (Wildman–Crippen MR) is 66.2 cm³/mol. The molecule has 0 radical (unpaired) electrons. The monoisotopic (exact) mass is 219 g/mol. The van der Waals surface area contributed by atoms with Crippen LogP contribution in [0.15, 0.2) is 24.5 Å². The lowest BCUT2D eigenvalue weighted by molar-refractivity contribution is 0.268. The zero-order chi connectivity index (χ0) is 11.4. The topological polar surface area (TPSA) is 28.2 Å². The van der Waals surface area contributed by atoms with Crippen LogP contribution in [0.25, 0.3) is 0 Å². The Morgan fingerprint density at radius 3 is 2.81 bits per heavy atom. The third kappa shape index (κ3) is 3.03. The second-order valence-electron chi connectivity index (χ2n) is 4.81. The molecule has 1 unspecified atom stereocenters. The molecule has 16 heavy (non-hydrogen) atoms. The number of aromatic nitrogens is 1. The van der Waals surface area contributed by atoms with E-state index in [-0.39, 0.29) is 0 Å². The summed E-state index contributed by atoms with van der Waals surface area (Å²) < 4.78 is 0. The summed E-state index contributed by atoms with van der Waals surface area (Å²) in [5.74, 6) is 0. The van der Waals surface area contributed by atoms with Crippen LogP contribution in [0.2, 0.25) is 0 Å². The first-order valence-electron chi connectivity index (χ1n) is 6.12. The summed E-state index contributed by atoms with van der Waals surface area (Å²) in [5, 5.41) is 3.61. The van der Waals surface area contributed by atoms with E-state index in [1.807, 2.05) is 12.4 Å². The smallest absolute Gasteiger partial charge is 0.0271 e. The predicted octanol–water partition coefficient (Wildman–Crippen LogP) is 1.65. The molecule has 1 N–H and O–H groups in total.